The van der Waals surface area contributed by atoms with E-state index >= 15 is 0 Å². The normalized spacial score (nSPS) is 9.90. The van der Waals surface area contributed by atoms with Gasteiger partial charge in [0.1, 0.15) is 6.29 Å². The summed E-state index contributed by atoms with van der Waals surface area (Å²) in [4.78, 5) is 22.7. The molecule has 0 aliphatic rings. The summed E-state index contributed by atoms with van der Waals surface area (Å²) >= 11 is 6.01. The molecule has 0 saturated carbocycles. The van der Waals surface area contributed by atoms with Crippen LogP contribution in [0.4, 0.5) is 0 Å². The van der Waals surface area contributed by atoms with Crippen LogP contribution in [0.25, 0.3) is 0 Å². The van der Waals surface area contributed by atoms with Crippen molar-refractivity contribution in [1.82, 2.24) is 0 Å². The van der Waals surface area contributed by atoms with Gasteiger partial charge in [-0.15, -0.1) is 0 Å². The van der Waals surface area contributed by atoms with E-state index < -0.39 is 5.97 Å². The lowest BCUT2D eigenvalue weighted by Gasteiger charge is -2.11. The van der Waals surface area contributed by atoms with Crippen LogP contribution in [0.3, 0.4) is 0 Å². The topological polar surface area (TPSA) is 52.6 Å². The predicted octanol–water partition coefficient (Wildman–Crippen LogP) is 3.38. The number of benzene rings is 2. The number of hydrogen-bond acceptors (Lipinski definition) is 4. The molecule has 2 aromatic carbocycles. The Kier molecular flexibility index (Phi) is 4.38. The molecule has 0 spiro atoms. The molecule has 0 heterocycles. The van der Waals surface area contributed by atoms with Gasteiger partial charge in [0.05, 0.1) is 17.7 Å². The lowest BCUT2D eigenvalue weighted by molar-refractivity contribution is 0.0730. The Bertz CT molecular complexity index is 638. The van der Waals surface area contributed by atoms with Crippen molar-refractivity contribution in [3.05, 3.63) is 58.6 Å². The van der Waals surface area contributed by atoms with Gasteiger partial charge in [-0.25, -0.2) is 4.79 Å². The van der Waals surface area contributed by atoms with E-state index in [1.807, 2.05) is 0 Å². The van der Waals surface area contributed by atoms with Crippen LogP contribution in [-0.4, -0.2) is 19.4 Å². The second-order valence-electron chi connectivity index (χ2n) is 3.91. The molecule has 0 aliphatic heterocycles. The van der Waals surface area contributed by atoms with Crippen molar-refractivity contribution >= 4 is 23.9 Å². The number of methoxy groups -OCH3 is 1. The fourth-order valence-electron chi connectivity index (χ4n) is 1.63. The van der Waals surface area contributed by atoms with Gasteiger partial charge in [0, 0.05) is 5.56 Å². The Morgan fingerprint density at radius 2 is 1.90 bits per heavy atom. The largest absolute Gasteiger partial charge is 0.493 e. The molecule has 0 amide bonds. The molecule has 0 atom stereocenters. The summed E-state index contributed by atoms with van der Waals surface area (Å²) in [5.41, 5.74) is 0.733. The molecule has 0 N–H and O–H groups in total. The van der Waals surface area contributed by atoms with Crippen LogP contribution in [0, 0.1) is 0 Å². The smallest absolute Gasteiger partial charge is 0.343 e. The number of esters is 1. The molecular weight excluding hydrogens is 280 g/mol. The van der Waals surface area contributed by atoms with Crippen molar-refractivity contribution in [3.8, 4) is 11.5 Å². The fourth-order valence-corrected chi connectivity index (χ4v) is 1.89. The molecule has 2 aromatic rings. The molecule has 0 bridgehead atoms. The minimum absolute atomic E-state index is 0.0913. The molecule has 0 aromatic heterocycles. The maximum Gasteiger partial charge on any atom is 0.343 e. The first-order chi connectivity index (χ1) is 9.65. The summed E-state index contributed by atoms with van der Waals surface area (Å²) in [7, 11) is 1.40. The highest BCUT2D eigenvalue weighted by atomic mass is 35.5. The Morgan fingerprint density at radius 3 is 2.50 bits per heavy atom. The SMILES string of the molecule is COc1cc(C=O)cc(Cl)c1OC(=O)c1ccccc1. The van der Waals surface area contributed by atoms with Gasteiger partial charge in [-0.2, -0.15) is 0 Å². The monoisotopic (exact) mass is 290 g/mol. The first kappa shape index (κ1) is 14.1. The number of carbonyl (C=O) groups is 2. The van der Waals surface area contributed by atoms with Gasteiger partial charge in [-0.1, -0.05) is 29.8 Å². The summed E-state index contributed by atoms with van der Waals surface area (Å²) in [5, 5.41) is 0.135. The van der Waals surface area contributed by atoms with Crippen LogP contribution < -0.4 is 9.47 Å². The van der Waals surface area contributed by atoms with E-state index in [2.05, 4.69) is 0 Å². The summed E-state index contributed by atoms with van der Waals surface area (Å²) in [6, 6.07) is 11.4. The van der Waals surface area contributed by atoms with Crippen LogP contribution in [0.5, 0.6) is 11.5 Å². The zero-order valence-corrected chi connectivity index (χ0v) is 11.4. The molecule has 0 radical (unpaired) electrons. The molecule has 20 heavy (non-hydrogen) atoms. The van der Waals surface area contributed by atoms with E-state index in [-0.39, 0.29) is 16.5 Å². The van der Waals surface area contributed by atoms with Gasteiger partial charge in [-0.3, -0.25) is 4.79 Å². The van der Waals surface area contributed by atoms with Crippen LogP contribution in [0.1, 0.15) is 20.7 Å². The third-order valence-corrected chi connectivity index (χ3v) is 2.87. The van der Waals surface area contributed by atoms with Gasteiger partial charge in [-0.05, 0) is 24.3 Å². The van der Waals surface area contributed by atoms with Crippen LogP contribution in [0.2, 0.25) is 5.02 Å². The van der Waals surface area contributed by atoms with E-state index in [1.54, 1.807) is 30.3 Å². The lowest BCUT2D eigenvalue weighted by Crippen LogP contribution is -2.09. The molecule has 0 aliphatic carbocycles. The molecule has 5 heteroatoms. The van der Waals surface area contributed by atoms with Gasteiger partial charge >= 0.3 is 5.97 Å². The minimum Gasteiger partial charge on any atom is -0.493 e. The highest BCUT2D eigenvalue weighted by molar-refractivity contribution is 6.32. The second kappa shape index (κ2) is 6.21. The van der Waals surface area contributed by atoms with Crippen molar-refractivity contribution in [1.29, 1.82) is 0 Å². The third kappa shape index (κ3) is 2.97. The Hall–Kier alpha value is -2.33. The lowest BCUT2D eigenvalue weighted by atomic mass is 10.2. The predicted molar refractivity (Wildman–Crippen MR) is 74.8 cm³/mol. The van der Waals surface area contributed by atoms with E-state index in [1.165, 1.54) is 19.2 Å². The Balaban J connectivity index is 2.34. The van der Waals surface area contributed by atoms with Crippen LogP contribution in [0.15, 0.2) is 42.5 Å². The Labute approximate surface area is 120 Å². The molecular formula is C15H11ClO4. The first-order valence-electron chi connectivity index (χ1n) is 5.75. The molecule has 102 valence electrons. The van der Waals surface area contributed by atoms with Crippen molar-refractivity contribution < 1.29 is 19.1 Å². The van der Waals surface area contributed by atoms with Gasteiger partial charge in [0.25, 0.3) is 0 Å². The highest BCUT2D eigenvalue weighted by Gasteiger charge is 2.16. The van der Waals surface area contributed by atoms with Gasteiger partial charge in [0.2, 0.25) is 0 Å². The average Bonchev–Trinajstić information content (AvgIpc) is 2.49. The van der Waals surface area contributed by atoms with E-state index in [4.69, 9.17) is 21.1 Å². The highest BCUT2D eigenvalue weighted by Crippen LogP contribution is 2.36. The zero-order chi connectivity index (χ0) is 14.5. The number of carbonyl (C=O) groups excluding carboxylic acids is 2. The molecule has 0 saturated heterocycles. The summed E-state index contributed by atoms with van der Waals surface area (Å²) in [6.45, 7) is 0. The summed E-state index contributed by atoms with van der Waals surface area (Å²) in [5.74, 6) is -0.234. The number of aldehydes is 1. The number of halogens is 1. The molecule has 2 rings (SSSR count). The average molecular weight is 291 g/mol. The summed E-state index contributed by atoms with van der Waals surface area (Å²) in [6.07, 6.45) is 0.636. The van der Waals surface area contributed by atoms with Crippen LogP contribution >= 0.6 is 11.6 Å². The molecule has 4 nitrogen and oxygen atoms in total. The first-order valence-corrected chi connectivity index (χ1v) is 6.13. The maximum absolute atomic E-state index is 12.0. The number of rotatable bonds is 4. The quantitative estimate of drug-likeness (QED) is 0.492. The molecule has 0 fully saturated rings. The van der Waals surface area contributed by atoms with Crippen LogP contribution in [-0.2, 0) is 0 Å². The number of ether oxygens (including phenoxy) is 2. The van der Waals surface area contributed by atoms with E-state index in [0.717, 1.165) is 0 Å². The van der Waals surface area contributed by atoms with E-state index in [0.29, 0.717) is 17.4 Å². The van der Waals surface area contributed by atoms with Gasteiger partial charge < -0.3 is 9.47 Å². The fraction of sp³-hybridized carbons (Fsp3) is 0.0667. The van der Waals surface area contributed by atoms with Crippen molar-refractivity contribution in [2.45, 2.75) is 0 Å². The Morgan fingerprint density at radius 1 is 1.20 bits per heavy atom. The number of hydrogen-bond donors (Lipinski definition) is 0. The van der Waals surface area contributed by atoms with E-state index in [9.17, 15) is 9.59 Å². The standard InChI is InChI=1S/C15H11ClO4/c1-19-13-8-10(9-17)7-12(16)14(13)20-15(18)11-5-3-2-4-6-11/h2-9H,1H3. The maximum atomic E-state index is 12.0. The zero-order valence-electron chi connectivity index (χ0n) is 10.6. The summed E-state index contributed by atoms with van der Waals surface area (Å²) < 4.78 is 10.3. The second-order valence-corrected chi connectivity index (χ2v) is 4.31. The van der Waals surface area contributed by atoms with Crippen molar-refractivity contribution in [2.24, 2.45) is 0 Å². The van der Waals surface area contributed by atoms with Gasteiger partial charge in [0.15, 0.2) is 11.5 Å². The molecule has 0 unspecified atom stereocenters. The van der Waals surface area contributed by atoms with Crippen molar-refractivity contribution in [3.63, 3.8) is 0 Å². The third-order valence-electron chi connectivity index (χ3n) is 2.59. The van der Waals surface area contributed by atoms with Crippen molar-refractivity contribution in [2.75, 3.05) is 7.11 Å². The minimum atomic E-state index is -0.551.